The fourth-order valence-electron chi connectivity index (χ4n) is 2.52. The van der Waals surface area contributed by atoms with Crippen molar-refractivity contribution in [1.29, 1.82) is 0 Å². The number of nitrogens with zero attached hydrogens (tertiary/aromatic N) is 2. The van der Waals surface area contributed by atoms with E-state index in [1.807, 2.05) is 53.1 Å². The number of aryl methyl sites for hydroxylation is 1. The maximum atomic E-state index is 6.12. The molecule has 1 aliphatic rings. The predicted molar refractivity (Wildman–Crippen MR) is 83.0 cm³/mol. The Morgan fingerprint density at radius 2 is 1.76 bits per heavy atom. The molecule has 6 heteroatoms. The average molecular weight is 288 g/mol. The van der Waals surface area contributed by atoms with Gasteiger partial charge in [0.1, 0.15) is 5.75 Å². The lowest BCUT2D eigenvalue weighted by atomic mass is 9.78. The molecule has 2 aromatic rings. The summed E-state index contributed by atoms with van der Waals surface area (Å²) in [5, 5.41) is 5.45. The first-order valence-electron chi connectivity index (χ1n) is 7.10. The number of hydrogen-bond donors (Lipinski definition) is 0. The van der Waals surface area contributed by atoms with Gasteiger partial charge in [-0.3, -0.25) is 4.68 Å². The van der Waals surface area contributed by atoms with Crippen LogP contribution in [0.5, 0.6) is 5.75 Å². The first kappa shape index (κ1) is 14.4. The molecular weight excluding hydrogens is 267 g/mol. The second-order valence-corrected chi connectivity index (χ2v) is 6.54. The van der Waals surface area contributed by atoms with Gasteiger partial charge in [-0.2, -0.15) is 5.10 Å². The highest BCUT2D eigenvalue weighted by Gasteiger charge is 2.52. The van der Waals surface area contributed by atoms with Crippen molar-refractivity contribution in [3.8, 4) is 5.75 Å². The molecule has 0 unspecified atom stereocenters. The Bertz CT molecular complexity index is 678. The van der Waals surface area contributed by atoms with Crippen molar-refractivity contribution in [3.05, 3.63) is 18.3 Å². The number of fused-ring (bicyclic) bond motifs is 1. The van der Waals surface area contributed by atoms with Crippen molar-refractivity contribution in [2.24, 2.45) is 7.05 Å². The number of rotatable bonds is 2. The van der Waals surface area contributed by atoms with Crippen molar-refractivity contribution in [2.75, 3.05) is 7.11 Å². The van der Waals surface area contributed by atoms with E-state index in [1.165, 1.54) is 0 Å². The third-order valence-electron chi connectivity index (χ3n) is 4.48. The van der Waals surface area contributed by atoms with Crippen LogP contribution in [0.3, 0.4) is 0 Å². The maximum Gasteiger partial charge on any atom is 0.498 e. The summed E-state index contributed by atoms with van der Waals surface area (Å²) < 4.78 is 19.5. The van der Waals surface area contributed by atoms with Gasteiger partial charge in [0.2, 0.25) is 0 Å². The molecule has 21 heavy (non-hydrogen) atoms. The molecule has 0 radical (unpaired) electrons. The Morgan fingerprint density at radius 3 is 2.33 bits per heavy atom. The van der Waals surface area contributed by atoms with Gasteiger partial charge >= 0.3 is 7.12 Å². The fourth-order valence-corrected chi connectivity index (χ4v) is 2.52. The highest BCUT2D eigenvalue weighted by molar-refractivity contribution is 6.63. The summed E-state index contributed by atoms with van der Waals surface area (Å²) in [6.07, 6.45) is 1.98. The van der Waals surface area contributed by atoms with Crippen LogP contribution in [0.1, 0.15) is 27.7 Å². The summed E-state index contributed by atoms with van der Waals surface area (Å²) in [6, 6.07) is 3.96. The molecule has 1 aromatic carbocycles. The zero-order valence-electron chi connectivity index (χ0n) is 13.4. The largest absolute Gasteiger partial charge is 0.498 e. The summed E-state index contributed by atoms with van der Waals surface area (Å²) in [6.45, 7) is 8.17. The first-order chi connectivity index (χ1) is 9.73. The fraction of sp³-hybridized carbons (Fsp3) is 0.533. The SMILES string of the molecule is COc1cc2nn(C)cc2cc1B1OC(C)(C)C(C)(C)O1. The molecule has 0 spiro atoms. The minimum Gasteiger partial charge on any atom is -0.497 e. The van der Waals surface area contributed by atoms with E-state index in [9.17, 15) is 0 Å². The zero-order chi connectivity index (χ0) is 15.4. The lowest BCUT2D eigenvalue weighted by Gasteiger charge is -2.32. The molecule has 0 bridgehead atoms. The quantitative estimate of drug-likeness (QED) is 0.792. The minimum atomic E-state index is -0.436. The third-order valence-corrected chi connectivity index (χ3v) is 4.48. The number of hydrogen-bond acceptors (Lipinski definition) is 4. The van der Waals surface area contributed by atoms with Gasteiger partial charge in [-0.05, 0) is 33.8 Å². The van der Waals surface area contributed by atoms with Crippen LogP contribution < -0.4 is 10.2 Å². The van der Waals surface area contributed by atoms with Gasteiger partial charge in [0.05, 0.1) is 23.8 Å². The van der Waals surface area contributed by atoms with E-state index in [0.717, 1.165) is 22.1 Å². The van der Waals surface area contributed by atoms with Gasteiger partial charge in [0.15, 0.2) is 0 Å². The average Bonchev–Trinajstić information content (AvgIpc) is 2.83. The van der Waals surface area contributed by atoms with E-state index >= 15 is 0 Å². The Balaban J connectivity index is 2.08. The van der Waals surface area contributed by atoms with Crippen LogP contribution >= 0.6 is 0 Å². The minimum absolute atomic E-state index is 0.368. The van der Waals surface area contributed by atoms with Gasteiger partial charge in [-0.1, -0.05) is 0 Å². The van der Waals surface area contributed by atoms with E-state index < -0.39 is 7.12 Å². The smallest absolute Gasteiger partial charge is 0.497 e. The molecule has 1 saturated heterocycles. The molecule has 1 fully saturated rings. The van der Waals surface area contributed by atoms with Gasteiger partial charge < -0.3 is 14.0 Å². The number of ether oxygens (including phenoxy) is 1. The van der Waals surface area contributed by atoms with Crippen molar-refractivity contribution in [3.63, 3.8) is 0 Å². The van der Waals surface area contributed by atoms with Crippen LogP contribution in [0.25, 0.3) is 10.9 Å². The highest BCUT2D eigenvalue weighted by Crippen LogP contribution is 2.37. The molecule has 0 N–H and O–H groups in total. The van der Waals surface area contributed by atoms with Crippen molar-refractivity contribution in [2.45, 2.75) is 38.9 Å². The van der Waals surface area contributed by atoms with E-state index in [1.54, 1.807) is 11.8 Å². The zero-order valence-corrected chi connectivity index (χ0v) is 13.4. The molecule has 112 valence electrons. The molecule has 5 nitrogen and oxygen atoms in total. The standard InChI is InChI=1S/C15H21BN2O3/c1-14(2)15(3,4)21-16(20-14)11-7-10-9-18(5)17-12(10)8-13(11)19-6/h7-9H,1-6H3. The monoisotopic (exact) mass is 288 g/mol. The van der Waals surface area contributed by atoms with Crippen molar-refractivity contribution >= 4 is 23.5 Å². The topological polar surface area (TPSA) is 45.5 Å². The van der Waals surface area contributed by atoms with E-state index in [4.69, 9.17) is 14.0 Å². The van der Waals surface area contributed by atoms with Crippen molar-refractivity contribution < 1.29 is 14.0 Å². The van der Waals surface area contributed by atoms with Gasteiger partial charge in [-0.25, -0.2) is 0 Å². The predicted octanol–water partition coefficient (Wildman–Crippen LogP) is 1.88. The van der Waals surface area contributed by atoms with Crippen LogP contribution in [0, 0.1) is 0 Å². The summed E-state index contributed by atoms with van der Waals surface area (Å²) in [5.41, 5.74) is 1.06. The maximum absolute atomic E-state index is 6.12. The molecule has 1 aliphatic heterocycles. The lowest BCUT2D eigenvalue weighted by molar-refractivity contribution is 0.00578. The van der Waals surface area contributed by atoms with Crippen LogP contribution in [-0.4, -0.2) is 35.2 Å². The highest BCUT2D eigenvalue weighted by atomic mass is 16.7. The Morgan fingerprint density at radius 1 is 1.14 bits per heavy atom. The van der Waals surface area contributed by atoms with Crippen molar-refractivity contribution in [1.82, 2.24) is 9.78 Å². The second-order valence-electron chi connectivity index (χ2n) is 6.54. The van der Waals surface area contributed by atoms with Crippen LogP contribution in [0.15, 0.2) is 18.3 Å². The summed E-state index contributed by atoms with van der Waals surface area (Å²) >= 11 is 0. The first-order valence-corrected chi connectivity index (χ1v) is 7.10. The normalized spacial score (nSPS) is 20.2. The number of aromatic nitrogens is 2. The van der Waals surface area contributed by atoms with Crippen LogP contribution in [-0.2, 0) is 16.4 Å². The second kappa shape index (κ2) is 4.48. The molecule has 0 amide bonds. The number of benzene rings is 1. The Kier molecular flexibility index (Phi) is 3.08. The summed E-state index contributed by atoms with van der Waals surface area (Å²) in [7, 11) is 3.12. The summed E-state index contributed by atoms with van der Waals surface area (Å²) in [4.78, 5) is 0. The van der Waals surface area contributed by atoms with Gasteiger partial charge in [-0.15, -0.1) is 0 Å². The molecule has 0 aliphatic carbocycles. The molecule has 0 saturated carbocycles. The molecular formula is C15H21BN2O3. The van der Waals surface area contributed by atoms with Gasteiger partial charge in [0.25, 0.3) is 0 Å². The van der Waals surface area contributed by atoms with E-state index in [-0.39, 0.29) is 11.2 Å². The van der Waals surface area contributed by atoms with Gasteiger partial charge in [0, 0.05) is 30.2 Å². The van der Waals surface area contributed by atoms with E-state index in [0.29, 0.717) is 0 Å². The summed E-state index contributed by atoms with van der Waals surface area (Å²) in [5.74, 6) is 0.736. The van der Waals surface area contributed by atoms with Crippen LogP contribution in [0.2, 0.25) is 0 Å². The lowest BCUT2D eigenvalue weighted by Crippen LogP contribution is -2.41. The Labute approximate surface area is 125 Å². The molecule has 2 heterocycles. The number of methoxy groups -OCH3 is 1. The van der Waals surface area contributed by atoms with E-state index in [2.05, 4.69) is 5.10 Å². The Hall–Kier alpha value is -1.53. The molecule has 1 aromatic heterocycles. The molecule has 3 rings (SSSR count). The van der Waals surface area contributed by atoms with Crippen LogP contribution in [0.4, 0.5) is 0 Å². The third kappa shape index (κ3) is 2.22. The molecule has 0 atom stereocenters.